The van der Waals surface area contributed by atoms with Crippen molar-refractivity contribution in [3.05, 3.63) is 35.9 Å². The molecule has 1 saturated heterocycles. The van der Waals surface area contributed by atoms with Crippen LogP contribution < -0.4 is 11.1 Å². The first-order valence-electron chi connectivity index (χ1n) is 8.37. The molecule has 1 amide bonds. The molecule has 0 radical (unpaired) electrons. The van der Waals surface area contributed by atoms with Gasteiger partial charge in [0.15, 0.2) is 0 Å². The maximum atomic E-state index is 12.1. The standard InChI is InChI=1S/C18H29N3O.2ClH/c1-14-7-6-10-21(13-14)15(2)12-20-18(22)17(19)11-16-8-4-3-5-9-16;;/h3-5,8-9,14-15,17H,6-7,10-13,19H2,1-2H3,(H,20,22);2*1H. The van der Waals surface area contributed by atoms with Gasteiger partial charge in [0.1, 0.15) is 0 Å². The van der Waals surface area contributed by atoms with Gasteiger partial charge in [-0.2, -0.15) is 0 Å². The molecule has 24 heavy (non-hydrogen) atoms. The minimum absolute atomic E-state index is 0. The monoisotopic (exact) mass is 375 g/mol. The summed E-state index contributed by atoms with van der Waals surface area (Å²) < 4.78 is 0. The van der Waals surface area contributed by atoms with Crippen molar-refractivity contribution in [3.8, 4) is 0 Å². The third-order valence-corrected chi connectivity index (χ3v) is 4.52. The first-order chi connectivity index (χ1) is 10.6. The number of hydrogen-bond acceptors (Lipinski definition) is 3. The summed E-state index contributed by atoms with van der Waals surface area (Å²) in [5, 5.41) is 3.01. The van der Waals surface area contributed by atoms with Crippen LogP contribution in [-0.4, -0.2) is 42.5 Å². The van der Waals surface area contributed by atoms with Crippen LogP contribution in [0.4, 0.5) is 0 Å². The van der Waals surface area contributed by atoms with Gasteiger partial charge < -0.3 is 11.1 Å². The lowest BCUT2D eigenvalue weighted by Crippen LogP contribution is -2.49. The minimum atomic E-state index is -0.477. The van der Waals surface area contributed by atoms with Crippen molar-refractivity contribution in [1.82, 2.24) is 10.2 Å². The molecule has 1 aliphatic rings. The van der Waals surface area contributed by atoms with Crippen LogP contribution in [-0.2, 0) is 11.2 Å². The Balaban J connectivity index is 0.00000264. The van der Waals surface area contributed by atoms with Crippen molar-refractivity contribution in [2.24, 2.45) is 11.7 Å². The fraction of sp³-hybridized carbons (Fsp3) is 0.611. The summed E-state index contributed by atoms with van der Waals surface area (Å²) in [6.07, 6.45) is 3.16. The largest absolute Gasteiger partial charge is 0.353 e. The number of benzene rings is 1. The third-order valence-electron chi connectivity index (χ3n) is 4.52. The van der Waals surface area contributed by atoms with E-state index in [1.165, 1.54) is 12.8 Å². The first kappa shape index (κ1) is 23.2. The Kier molecular flexibility index (Phi) is 11.3. The van der Waals surface area contributed by atoms with Crippen LogP contribution in [0.1, 0.15) is 32.3 Å². The van der Waals surface area contributed by atoms with E-state index in [2.05, 4.69) is 24.1 Å². The second kappa shape index (κ2) is 11.7. The topological polar surface area (TPSA) is 58.4 Å². The van der Waals surface area contributed by atoms with Gasteiger partial charge in [-0.05, 0) is 44.2 Å². The second-order valence-corrected chi connectivity index (χ2v) is 6.63. The zero-order valence-electron chi connectivity index (χ0n) is 14.6. The Labute approximate surface area is 158 Å². The summed E-state index contributed by atoms with van der Waals surface area (Å²) in [4.78, 5) is 14.6. The summed E-state index contributed by atoms with van der Waals surface area (Å²) >= 11 is 0. The summed E-state index contributed by atoms with van der Waals surface area (Å²) in [5.41, 5.74) is 7.11. The van der Waals surface area contributed by atoms with E-state index in [0.717, 1.165) is 24.6 Å². The fourth-order valence-corrected chi connectivity index (χ4v) is 3.10. The molecule has 138 valence electrons. The van der Waals surface area contributed by atoms with E-state index in [1.54, 1.807) is 0 Å². The number of amides is 1. The molecule has 3 N–H and O–H groups in total. The van der Waals surface area contributed by atoms with Crippen LogP contribution in [0.15, 0.2) is 30.3 Å². The summed E-state index contributed by atoms with van der Waals surface area (Å²) in [6, 6.07) is 9.82. The van der Waals surface area contributed by atoms with Crippen molar-refractivity contribution >= 4 is 30.7 Å². The molecular formula is C18H31Cl2N3O. The molecule has 1 fully saturated rings. The maximum Gasteiger partial charge on any atom is 0.237 e. The SMILES string of the molecule is CC1CCCN(C(C)CNC(=O)C(N)Cc2ccccc2)C1.Cl.Cl. The quantitative estimate of drug-likeness (QED) is 0.803. The van der Waals surface area contributed by atoms with Crippen molar-refractivity contribution in [2.75, 3.05) is 19.6 Å². The van der Waals surface area contributed by atoms with E-state index in [1.807, 2.05) is 30.3 Å². The molecule has 0 aromatic heterocycles. The average molecular weight is 376 g/mol. The second-order valence-electron chi connectivity index (χ2n) is 6.63. The summed E-state index contributed by atoms with van der Waals surface area (Å²) in [7, 11) is 0. The maximum absolute atomic E-state index is 12.1. The highest BCUT2D eigenvalue weighted by molar-refractivity contribution is 5.85. The summed E-state index contributed by atoms with van der Waals surface area (Å²) in [5.74, 6) is 0.702. The predicted octanol–water partition coefficient (Wildman–Crippen LogP) is 2.64. The lowest BCUT2D eigenvalue weighted by Gasteiger charge is -2.35. The van der Waals surface area contributed by atoms with Crippen LogP contribution in [0.5, 0.6) is 0 Å². The lowest BCUT2D eigenvalue weighted by molar-refractivity contribution is -0.122. The van der Waals surface area contributed by atoms with Gasteiger partial charge in [0, 0.05) is 19.1 Å². The highest BCUT2D eigenvalue weighted by Crippen LogP contribution is 2.17. The van der Waals surface area contributed by atoms with Crippen molar-refractivity contribution in [3.63, 3.8) is 0 Å². The molecule has 0 aliphatic carbocycles. The molecule has 1 aliphatic heterocycles. The highest BCUT2D eigenvalue weighted by atomic mass is 35.5. The van der Waals surface area contributed by atoms with Gasteiger partial charge in [-0.25, -0.2) is 0 Å². The number of piperidine rings is 1. The highest BCUT2D eigenvalue weighted by Gasteiger charge is 2.22. The minimum Gasteiger partial charge on any atom is -0.353 e. The van der Waals surface area contributed by atoms with E-state index in [4.69, 9.17) is 5.73 Å². The number of likely N-dealkylation sites (tertiary alicyclic amines) is 1. The molecular weight excluding hydrogens is 345 g/mol. The van der Waals surface area contributed by atoms with Gasteiger partial charge in [-0.3, -0.25) is 9.69 Å². The van der Waals surface area contributed by atoms with Crippen LogP contribution in [0.2, 0.25) is 0 Å². The molecule has 0 bridgehead atoms. The number of carbonyl (C=O) groups excluding carboxylic acids is 1. The average Bonchev–Trinajstić information content (AvgIpc) is 2.53. The molecule has 3 atom stereocenters. The van der Waals surface area contributed by atoms with Crippen LogP contribution in [0, 0.1) is 5.92 Å². The van der Waals surface area contributed by atoms with E-state index >= 15 is 0 Å². The smallest absolute Gasteiger partial charge is 0.237 e. The molecule has 0 saturated carbocycles. The molecule has 2 rings (SSSR count). The van der Waals surface area contributed by atoms with E-state index < -0.39 is 6.04 Å². The third kappa shape index (κ3) is 7.39. The number of carbonyl (C=O) groups is 1. The van der Waals surface area contributed by atoms with Gasteiger partial charge in [0.05, 0.1) is 6.04 Å². The Morgan fingerprint density at radius 3 is 2.62 bits per heavy atom. The molecule has 3 unspecified atom stereocenters. The molecule has 1 heterocycles. The zero-order chi connectivity index (χ0) is 15.9. The molecule has 1 aromatic carbocycles. The fourth-order valence-electron chi connectivity index (χ4n) is 3.10. The number of nitrogens with zero attached hydrogens (tertiary/aromatic N) is 1. The number of rotatable bonds is 6. The van der Waals surface area contributed by atoms with Crippen LogP contribution in [0.3, 0.4) is 0 Å². The Bertz CT molecular complexity index is 473. The summed E-state index contributed by atoms with van der Waals surface area (Å²) in [6.45, 7) is 7.42. The molecule has 0 spiro atoms. The van der Waals surface area contributed by atoms with Gasteiger partial charge in [-0.15, -0.1) is 24.8 Å². The Hall–Kier alpha value is -0.810. The normalized spacial score (nSPS) is 20.2. The molecule has 1 aromatic rings. The van der Waals surface area contributed by atoms with E-state index in [9.17, 15) is 4.79 Å². The number of halogens is 2. The van der Waals surface area contributed by atoms with Crippen molar-refractivity contribution in [2.45, 2.75) is 45.2 Å². The zero-order valence-corrected chi connectivity index (χ0v) is 16.2. The number of hydrogen-bond donors (Lipinski definition) is 2. The van der Waals surface area contributed by atoms with Crippen molar-refractivity contribution < 1.29 is 4.79 Å². The van der Waals surface area contributed by atoms with Gasteiger partial charge in [0.25, 0.3) is 0 Å². The number of nitrogens with two attached hydrogens (primary N) is 1. The van der Waals surface area contributed by atoms with Crippen LogP contribution >= 0.6 is 24.8 Å². The molecule has 4 nitrogen and oxygen atoms in total. The van der Waals surface area contributed by atoms with E-state index in [-0.39, 0.29) is 30.7 Å². The Morgan fingerprint density at radius 1 is 1.33 bits per heavy atom. The van der Waals surface area contributed by atoms with Gasteiger partial charge in [-0.1, -0.05) is 37.3 Å². The van der Waals surface area contributed by atoms with Gasteiger partial charge in [0.2, 0.25) is 5.91 Å². The van der Waals surface area contributed by atoms with Gasteiger partial charge >= 0.3 is 0 Å². The van der Waals surface area contributed by atoms with E-state index in [0.29, 0.717) is 19.0 Å². The first-order valence-corrected chi connectivity index (χ1v) is 8.37. The number of nitrogens with one attached hydrogen (secondary N) is 1. The lowest BCUT2D eigenvalue weighted by atomic mass is 9.99. The van der Waals surface area contributed by atoms with Crippen molar-refractivity contribution in [1.29, 1.82) is 0 Å². The van der Waals surface area contributed by atoms with Crippen LogP contribution in [0.25, 0.3) is 0 Å². The molecule has 6 heteroatoms. The predicted molar refractivity (Wildman–Crippen MR) is 105 cm³/mol. The Morgan fingerprint density at radius 2 is 2.00 bits per heavy atom.